The fourth-order valence-electron chi connectivity index (χ4n) is 1.54. The van der Waals surface area contributed by atoms with Gasteiger partial charge in [0.2, 0.25) is 0 Å². The number of alkyl halides is 3. The molecule has 0 bridgehead atoms. The van der Waals surface area contributed by atoms with E-state index in [9.17, 15) is 18.0 Å². The highest BCUT2D eigenvalue weighted by Crippen LogP contribution is 2.38. The van der Waals surface area contributed by atoms with Crippen molar-refractivity contribution in [3.05, 3.63) is 34.7 Å². The van der Waals surface area contributed by atoms with Gasteiger partial charge in [-0.15, -0.1) is 11.3 Å². The summed E-state index contributed by atoms with van der Waals surface area (Å²) in [6.07, 6.45) is -4.39. The highest BCUT2D eigenvalue weighted by molar-refractivity contribution is 7.19. The van der Waals surface area contributed by atoms with Crippen LogP contribution < -0.4 is 5.73 Å². The number of carbonyl (C=O) groups is 1. The van der Waals surface area contributed by atoms with Crippen LogP contribution in [0, 0.1) is 0 Å². The van der Waals surface area contributed by atoms with Gasteiger partial charge in [-0.2, -0.15) is 13.2 Å². The maximum Gasteiger partial charge on any atom is 0.425 e. The summed E-state index contributed by atoms with van der Waals surface area (Å²) < 4.78 is 38.0. The Kier molecular flexibility index (Phi) is 3.04. The molecule has 0 radical (unpaired) electrons. The molecule has 0 fully saturated rings. The van der Waals surface area contributed by atoms with Crippen LogP contribution in [0.4, 0.5) is 13.2 Å². The molecule has 0 amide bonds. The molecule has 7 heteroatoms. The van der Waals surface area contributed by atoms with E-state index in [1.54, 1.807) is 0 Å². The van der Waals surface area contributed by atoms with Crippen molar-refractivity contribution in [1.82, 2.24) is 0 Å². The van der Waals surface area contributed by atoms with Crippen molar-refractivity contribution in [1.29, 1.82) is 0 Å². The number of benzene rings is 1. The van der Waals surface area contributed by atoms with Crippen molar-refractivity contribution in [2.75, 3.05) is 0 Å². The molecule has 0 spiro atoms. The lowest BCUT2D eigenvalue weighted by atomic mass is 10.1. The Morgan fingerprint density at radius 3 is 2.56 bits per heavy atom. The molecule has 1 unspecified atom stereocenters. The van der Waals surface area contributed by atoms with Crippen molar-refractivity contribution in [2.45, 2.75) is 12.2 Å². The lowest BCUT2D eigenvalue weighted by Gasteiger charge is -2.05. The fraction of sp³-hybridized carbons (Fsp3) is 0.182. The first-order valence-electron chi connectivity index (χ1n) is 4.88. The molecular weight excluding hydrogens is 267 g/mol. The summed E-state index contributed by atoms with van der Waals surface area (Å²) in [6.45, 7) is 0. The van der Waals surface area contributed by atoms with Crippen molar-refractivity contribution < 1.29 is 23.1 Å². The average molecular weight is 275 g/mol. The van der Waals surface area contributed by atoms with Crippen LogP contribution in [0.3, 0.4) is 0 Å². The van der Waals surface area contributed by atoms with Gasteiger partial charge in [-0.05, 0) is 29.1 Å². The van der Waals surface area contributed by atoms with Crippen LogP contribution >= 0.6 is 11.3 Å². The van der Waals surface area contributed by atoms with E-state index in [0.29, 0.717) is 21.4 Å². The lowest BCUT2D eigenvalue weighted by Crippen LogP contribution is -2.20. The second-order valence-electron chi connectivity index (χ2n) is 3.72. The third-order valence-electron chi connectivity index (χ3n) is 2.44. The Bertz CT molecular complexity index is 606. The van der Waals surface area contributed by atoms with Gasteiger partial charge in [0.15, 0.2) is 0 Å². The van der Waals surface area contributed by atoms with Gasteiger partial charge in [-0.25, -0.2) is 0 Å². The monoisotopic (exact) mass is 275 g/mol. The molecule has 2 aromatic rings. The molecule has 0 saturated heterocycles. The zero-order valence-electron chi connectivity index (χ0n) is 8.86. The summed E-state index contributed by atoms with van der Waals surface area (Å²) in [5.74, 6) is -1.22. The van der Waals surface area contributed by atoms with E-state index in [4.69, 9.17) is 10.8 Å². The Hall–Kier alpha value is -1.60. The number of fused-ring (bicyclic) bond motifs is 1. The minimum absolute atomic E-state index is 0.279. The van der Waals surface area contributed by atoms with Crippen LogP contribution in [0.2, 0.25) is 0 Å². The molecule has 96 valence electrons. The minimum Gasteiger partial charge on any atom is -0.480 e. The molecule has 1 aromatic heterocycles. The Morgan fingerprint density at radius 2 is 2.00 bits per heavy atom. The summed E-state index contributed by atoms with van der Waals surface area (Å²) in [4.78, 5) is 9.99. The first-order valence-corrected chi connectivity index (χ1v) is 5.70. The van der Waals surface area contributed by atoms with Gasteiger partial charge < -0.3 is 10.8 Å². The molecule has 3 nitrogen and oxygen atoms in total. The molecule has 18 heavy (non-hydrogen) atoms. The number of hydrogen-bond donors (Lipinski definition) is 2. The van der Waals surface area contributed by atoms with Crippen LogP contribution in [0.1, 0.15) is 16.5 Å². The second kappa shape index (κ2) is 4.25. The highest BCUT2D eigenvalue weighted by atomic mass is 32.1. The molecule has 3 N–H and O–H groups in total. The van der Waals surface area contributed by atoms with Gasteiger partial charge in [-0.3, -0.25) is 4.79 Å². The van der Waals surface area contributed by atoms with Crippen LogP contribution in [0.25, 0.3) is 10.1 Å². The Labute approximate surface area is 104 Å². The van der Waals surface area contributed by atoms with E-state index in [0.717, 1.165) is 6.07 Å². The quantitative estimate of drug-likeness (QED) is 0.885. The van der Waals surface area contributed by atoms with Crippen molar-refractivity contribution in [3.8, 4) is 0 Å². The first kappa shape index (κ1) is 12.8. The Balaban J connectivity index is 2.49. The van der Waals surface area contributed by atoms with Gasteiger partial charge in [-0.1, -0.05) is 6.07 Å². The highest BCUT2D eigenvalue weighted by Gasteiger charge is 2.32. The van der Waals surface area contributed by atoms with E-state index >= 15 is 0 Å². The van der Waals surface area contributed by atoms with Crippen LogP contribution in [-0.2, 0) is 11.0 Å². The van der Waals surface area contributed by atoms with E-state index in [-0.39, 0.29) is 5.56 Å². The molecule has 1 heterocycles. The number of rotatable bonds is 2. The number of thiophene rings is 1. The molecule has 0 aliphatic carbocycles. The van der Waals surface area contributed by atoms with Crippen molar-refractivity contribution in [2.24, 2.45) is 5.73 Å². The van der Waals surface area contributed by atoms with E-state index in [1.165, 1.54) is 18.2 Å². The normalized spacial score (nSPS) is 13.8. The van der Waals surface area contributed by atoms with Crippen LogP contribution in [-0.4, -0.2) is 11.1 Å². The average Bonchev–Trinajstić information content (AvgIpc) is 2.69. The zero-order valence-corrected chi connectivity index (χ0v) is 9.68. The first-order chi connectivity index (χ1) is 8.29. The smallest absolute Gasteiger partial charge is 0.425 e. The van der Waals surface area contributed by atoms with Gasteiger partial charge in [0, 0.05) is 4.70 Å². The summed E-state index contributed by atoms with van der Waals surface area (Å²) in [7, 11) is 0. The molecule has 0 aliphatic heterocycles. The van der Waals surface area contributed by atoms with Gasteiger partial charge in [0.1, 0.15) is 10.9 Å². The van der Waals surface area contributed by atoms with Crippen LogP contribution in [0.15, 0.2) is 24.3 Å². The SMILES string of the molecule is NC(C(=O)O)c1ccc2sc(C(F)(F)F)cc2c1. The van der Waals surface area contributed by atoms with E-state index in [2.05, 4.69) is 0 Å². The topological polar surface area (TPSA) is 63.3 Å². The largest absolute Gasteiger partial charge is 0.480 e. The van der Waals surface area contributed by atoms with E-state index in [1.807, 2.05) is 0 Å². The molecule has 1 atom stereocenters. The van der Waals surface area contributed by atoms with Gasteiger partial charge >= 0.3 is 12.1 Å². The molecule has 0 saturated carbocycles. The Morgan fingerprint density at radius 1 is 1.33 bits per heavy atom. The number of nitrogens with two attached hydrogens (primary N) is 1. The van der Waals surface area contributed by atoms with Gasteiger partial charge in [0.05, 0.1) is 0 Å². The lowest BCUT2D eigenvalue weighted by molar-refractivity contribution is -0.138. The number of carboxylic acid groups (broad SMARTS) is 1. The molecule has 0 aliphatic rings. The maximum absolute atomic E-state index is 12.5. The van der Waals surface area contributed by atoms with Crippen LogP contribution in [0.5, 0.6) is 0 Å². The number of hydrogen-bond acceptors (Lipinski definition) is 3. The third-order valence-corrected chi connectivity index (χ3v) is 3.61. The number of aliphatic carboxylic acids is 1. The fourth-order valence-corrected chi connectivity index (χ4v) is 2.45. The summed E-state index contributed by atoms with van der Waals surface area (Å²) >= 11 is 0.620. The summed E-state index contributed by atoms with van der Waals surface area (Å²) in [5.41, 5.74) is 5.68. The molecule has 2 rings (SSSR count). The maximum atomic E-state index is 12.5. The van der Waals surface area contributed by atoms with Crippen molar-refractivity contribution in [3.63, 3.8) is 0 Å². The standard InChI is InChI=1S/C11H8F3NO2S/c12-11(13,14)8-4-6-3-5(9(15)10(16)17)1-2-7(6)18-8/h1-4,9H,15H2,(H,16,17). The zero-order chi connectivity index (χ0) is 13.5. The third kappa shape index (κ3) is 2.32. The summed E-state index contributed by atoms with van der Waals surface area (Å²) in [5, 5.41) is 9.09. The number of halogens is 3. The predicted molar refractivity (Wildman–Crippen MR) is 61.4 cm³/mol. The molecular formula is C11H8F3NO2S. The minimum atomic E-state index is -4.39. The summed E-state index contributed by atoms with van der Waals surface area (Å²) in [6, 6.07) is 4.02. The number of carboxylic acids is 1. The van der Waals surface area contributed by atoms with Gasteiger partial charge in [0.25, 0.3) is 0 Å². The van der Waals surface area contributed by atoms with E-state index < -0.39 is 23.1 Å². The van der Waals surface area contributed by atoms with Crippen molar-refractivity contribution >= 4 is 27.4 Å². The molecule has 1 aromatic carbocycles. The predicted octanol–water partition coefficient (Wildman–Crippen LogP) is 3.00. The second-order valence-corrected chi connectivity index (χ2v) is 4.81.